The number of nitrogens with zero attached hydrogens (tertiary/aromatic N) is 3. The van der Waals surface area contributed by atoms with E-state index in [-0.39, 0.29) is 18.0 Å². The Labute approximate surface area is 209 Å². The third-order valence-electron chi connectivity index (χ3n) is 5.51. The number of carbonyl (C=O) groups is 1. The molecule has 4 rings (SSSR count). The van der Waals surface area contributed by atoms with Gasteiger partial charge in [-0.15, -0.1) is 11.8 Å². The Bertz CT molecular complexity index is 1390. The van der Waals surface area contributed by atoms with Gasteiger partial charge in [0, 0.05) is 23.8 Å². The van der Waals surface area contributed by atoms with Crippen molar-refractivity contribution in [3.63, 3.8) is 0 Å². The lowest BCUT2D eigenvalue weighted by atomic mass is 10.1. The van der Waals surface area contributed by atoms with E-state index in [1.54, 1.807) is 48.9 Å². The number of aromatic nitrogens is 2. The summed E-state index contributed by atoms with van der Waals surface area (Å²) in [4.78, 5) is 18.2. The van der Waals surface area contributed by atoms with Crippen LogP contribution in [0.3, 0.4) is 0 Å². The zero-order valence-corrected chi connectivity index (χ0v) is 21.1. The molecule has 180 valence electrons. The fraction of sp³-hybridized carbons (Fsp3) is 0.154. The maximum absolute atomic E-state index is 13.6. The van der Waals surface area contributed by atoms with E-state index in [9.17, 15) is 13.2 Å². The van der Waals surface area contributed by atoms with E-state index in [0.29, 0.717) is 5.69 Å². The van der Waals surface area contributed by atoms with Crippen LogP contribution < -0.4 is 9.62 Å². The molecule has 1 heterocycles. The summed E-state index contributed by atoms with van der Waals surface area (Å²) in [5.74, 6) is -0.407. The van der Waals surface area contributed by atoms with E-state index in [4.69, 9.17) is 0 Å². The number of carbonyl (C=O) groups excluding carboxylic acids is 1. The highest BCUT2D eigenvalue weighted by molar-refractivity contribution is 7.98. The number of nitrogens with one attached hydrogen (secondary N) is 1. The van der Waals surface area contributed by atoms with Crippen LogP contribution in [0.4, 0.5) is 5.69 Å². The normalized spacial score (nSPS) is 11.3. The molecule has 0 unspecified atom stereocenters. The molecule has 1 amide bonds. The molecule has 0 aliphatic carbocycles. The molecule has 1 N–H and O–H groups in total. The number of imidazole rings is 1. The van der Waals surface area contributed by atoms with Gasteiger partial charge >= 0.3 is 0 Å². The Hall–Kier alpha value is -3.56. The molecule has 0 aliphatic rings. The summed E-state index contributed by atoms with van der Waals surface area (Å²) < 4.78 is 30.1. The smallest absolute Gasteiger partial charge is 0.264 e. The average molecular weight is 507 g/mol. The van der Waals surface area contributed by atoms with E-state index in [2.05, 4.69) is 10.3 Å². The molecule has 0 spiro atoms. The van der Waals surface area contributed by atoms with Gasteiger partial charge in [-0.2, -0.15) is 0 Å². The number of rotatable bonds is 9. The summed E-state index contributed by atoms with van der Waals surface area (Å²) >= 11 is 1.53. The fourth-order valence-corrected chi connectivity index (χ4v) is 5.42. The maximum atomic E-state index is 13.6. The number of amides is 1. The number of anilines is 1. The van der Waals surface area contributed by atoms with Crippen LogP contribution in [0.2, 0.25) is 0 Å². The van der Waals surface area contributed by atoms with Gasteiger partial charge < -0.3 is 9.88 Å². The van der Waals surface area contributed by atoms with Crippen molar-refractivity contribution in [2.24, 2.45) is 0 Å². The minimum absolute atomic E-state index is 0.133. The Morgan fingerprint density at radius 3 is 2.40 bits per heavy atom. The summed E-state index contributed by atoms with van der Waals surface area (Å²) in [5.41, 5.74) is 3.20. The number of thioether (sulfide) groups is 1. The van der Waals surface area contributed by atoms with Gasteiger partial charge in [-0.05, 0) is 61.2 Å². The third-order valence-corrected chi connectivity index (χ3v) is 8.04. The predicted octanol–water partition coefficient (Wildman–Crippen LogP) is 4.41. The molecular weight excluding hydrogens is 480 g/mol. The van der Waals surface area contributed by atoms with Crippen molar-refractivity contribution in [1.29, 1.82) is 0 Å². The van der Waals surface area contributed by atoms with Gasteiger partial charge in [0.1, 0.15) is 6.54 Å². The van der Waals surface area contributed by atoms with E-state index < -0.39 is 15.9 Å². The second-order valence-electron chi connectivity index (χ2n) is 7.90. The molecule has 0 atom stereocenters. The molecule has 0 aliphatic heterocycles. The topological polar surface area (TPSA) is 84.3 Å². The van der Waals surface area contributed by atoms with Crippen molar-refractivity contribution < 1.29 is 13.2 Å². The molecule has 7 nitrogen and oxygen atoms in total. The van der Waals surface area contributed by atoms with Crippen LogP contribution in [-0.4, -0.2) is 36.7 Å². The number of benzene rings is 3. The van der Waals surface area contributed by atoms with E-state index in [1.807, 2.05) is 60.3 Å². The van der Waals surface area contributed by atoms with Crippen molar-refractivity contribution >= 4 is 33.4 Å². The number of hydrogen-bond donors (Lipinski definition) is 1. The Kier molecular flexibility index (Phi) is 7.57. The lowest BCUT2D eigenvalue weighted by molar-refractivity contribution is -0.119. The molecule has 3 aromatic carbocycles. The standard InChI is InChI=1S/C26H26N4O3S2/c1-20-7-9-22(10-8-20)30(35(32,33)24-13-11-23(34-2)12-14-24)18-26(31)28-17-21-5-3-4-6-25(21)29-16-15-27-19-29/h3-16,19H,17-18H2,1-2H3,(H,28,31). The molecule has 0 radical (unpaired) electrons. The molecule has 4 aromatic rings. The van der Waals surface area contributed by atoms with Crippen LogP contribution in [0.25, 0.3) is 5.69 Å². The molecule has 0 bridgehead atoms. The van der Waals surface area contributed by atoms with Crippen molar-refractivity contribution in [3.8, 4) is 5.69 Å². The van der Waals surface area contributed by atoms with Gasteiger partial charge in [0.15, 0.2) is 0 Å². The fourth-order valence-electron chi connectivity index (χ4n) is 3.59. The Balaban J connectivity index is 1.57. The third kappa shape index (κ3) is 5.75. The van der Waals surface area contributed by atoms with Gasteiger partial charge in [-0.1, -0.05) is 35.9 Å². The first-order valence-corrected chi connectivity index (χ1v) is 13.6. The average Bonchev–Trinajstić information content (AvgIpc) is 3.42. The van der Waals surface area contributed by atoms with E-state index in [0.717, 1.165) is 26.0 Å². The first-order chi connectivity index (χ1) is 16.9. The van der Waals surface area contributed by atoms with Crippen LogP contribution in [-0.2, 0) is 21.4 Å². The largest absolute Gasteiger partial charge is 0.350 e. The molecule has 0 fully saturated rings. The molecule has 35 heavy (non-hydrogen) atoms. The zero-order valence-electron chi connectivity index (χ0n) is 19.5. The van der Waals surface area contributed by atoms with Gasteiger partial charge in [-0.3, -0.25) is 9.10 Å². The van der Waals surface area contributed by atoms with Crippen LogP contribution in [0, 0.1) is 6.92 Å². The number of hydrogen-bond acceptors (Lipinski definition) is 5. The number of aryl methyl sites for hydroxylation is 1. The molecule has 0 saturated heterocycles. The minimum atomic E-state index is -3.96. The SMILES string of the molecule is CSc1ccc(S(=O)(=O)N(CC(=O)NCc2ccccc2-n2ccnc2)c2ccc(C)cc2)cc1. The summed E-state index contributed by atoms with van der Waals surface area (Å²) in [5, 5.41) is 2.87. The van der Waals surface area contributed by atoms with Crippen molar-refractivity contribution in [1.82, 2.24) is 14.9 Å². The first kappa shape index (κ1) is 24.6. The molecule has 1 aromatic heterocycles. The second-order valence-corrected chi connectivity index (χ2v) is 10.6. The highest BCUT2D eigenvalue weighted by atomic mass is 32.2. The lowest BCUT2D eigenvalue weighted by Crippen LogP contribution is -2.40. The summed E-state index contributed by atoms with van der Waals surface area (Å²) in [6, 6.07) is 21.4. The van der Waals surface area contributed by atoms with Gasteiger partial charge in [0.25, 0.3) is 10.0 Å². The summed E-state index contributed by atoms with van der Waals surface area (Å²) in [7, 11) is -3.96. The summed E-state index contributed by atoms with van der Waals surface area (Å²) in [6.45, 7) is 1.83. The van der Waals surface area contributed by atoms with E-state index in [1.165, 1.54) is 11.8 Å². The predicted molar refractivity (Wildman–Crippen MR) is 139 cm³/mol. The van der Waals surface area contributed by atoms with Crippen molar-refractivity contribution in [3.05, 3.63) is 103 Å². The van der Waals surface area contributed by atoms with Crippen LogP contribution in [0.15, 0.2) is 101 Å². The highest BCUT2D eigenvalue weighted by Crippen LogP contribution is 2.26. The van der Waals surface area contributed by atoms with Crippen molar-refractivity contribution in [2.45, 2.75) is 23.3 Å². The monoisotopic (exact) mass is 506 g/mol. The molecule has 9 heteroatoms. The molecular formula is C26H26N4O3S2. The Morgan fingerprint density at radius 1 is 1.03 bits per heavy atom. The number of sulfonamides is 1. The van der Waals surface area contributed by atoms with Crippen LogP contribution >= 0.6 is 11.8 Å². The van der Waals surface area contributed by atoms with E-state index >= 15 is 0 Å². The quantitative estimate of drug-likeness (QED) is 0.340. The van der Waals surface area contributed by atoms with Crippen LogP contribution in [0.1, 0.15) is 11.1 Å². The Morgan fingerprint density at radius 2 is 1.74 bits per heavy atom. The zero-order chi connectivity index (χ0) is 24.8. The number of para-hydroxylation sites is 1. The highest BCUT2D eigenvalue weighted by Gasteiger charge is 2.27. The first-order valence-electron chi connectivity index (χ1n) is 10.9. The molecule has 0 saturated carbocycles. The van der Waals surface area contributed by atoms with Crippen LogP contribution in [0.5, 0.6) is 0 Å². The second kappa shape index (κ2) is 10.8. The lowest BCUT2D eigenvalue weighted by Gasteiger charge is -2.24. The van der Waals surface area contributed by atoms with Gasteiger partial charge in [0.2, 0.25) is 5.91 Å². The minimum Gasteiger partial charge on any atom is -0.350 e. The van der Waals surface area contributed by atoms with Crippen molar-refractivity contribution in [2.75, 3.05) is 17.1 Å². The summed E-state index contributed by atoms with van der Waals surface area (Å²) in [6.07, 6.45) is 7.13. The van der Waals surface area contributed by atoms with Gasteiger partial charge in [-0.25, -0.2) is 13.4 Å². The van der Waals surface area contributed by atoms with Gasteiger partial charge in [0.05, 0.1) is 22.6 Å². The maximum Gasteiger partial charge on any atom is 0.264 e.